The Morgan fingerprint density at radius 3 is 2.68 bits per heavy atom. The average Bonchev–Trinajstić information content (AvgIpc) is 2.37. The lowest BCUT2D eigenvalue weighted by Crippen LogP contribution is -2.38. The molecule has 0 spiro atoms. The van der Waals surface area contributed by atoms with Gasteiger partial charge in [0.25, 0.3) is 0 Å². The first kappa shape index (κ1) is 13.8. The van der Waals surface area contributed by atoms with Gasteiger partial charge in [-0.05, 0) is 12.1 Å². The minimum Gasteiger partial charge on any atom is -0.377 e. The van der Waals surface area contributed by atoms with E-state index in [0.717, 1.165) is 12.1 Å². The van der Waals surface area contributed by atoms with E-state index in [0.29, 0.717) is 19.1 Å². The van der Waals surface area contributed by atoms with Gasteiger partial charge in [0.2, 0.25) is 6.41 Å². The number of benzene rings is 1. The number of hydrogen-bond acceptors (Lipinski definition) is 2. The Morgan fingerprint density at radius 2 is 2.11 bits per heavy atom. The van der Waals surface area contributed by atoms with Crippen LogP contribution >= 0.6 is 0 Å². The van der Waals surface area contributed by atoms with Crippen LogP contribution in [0.5, 0.6) is 0 Å². The van der Waals surface area contributed by atoms with E-state index in [4.69, 9.17) is 4.74 Å². The Labute approximate surface area is 106 Å². The zero-order valence-corrected chi connectivity index (χ0v) is 9.78. The first-order valence-corrected chi connectivity index (χ1v) is 5.59. The van der Waals surface area contributed by atoms with Gasteiger partial charge in [0.15, 0.2) is 0 Å². The number of hydrogen-bond donors (Lipinski definition) is 0. The van der Waals surface area contributed by atoms with Gasteiger partial charge < -0.3 is 9.64 Å². The van der Waals surface area contributed by atoms with Crippen molar-refractivity contribution in [1.82, 2.24) is 4.90 Å². The maximum atomic E-state index is 13.8. The SMILES string of the molecule is O=CN1CCOC[C@@H]1c1ccc(C(F)(F)F)cc1F. The summed E-state index contributed by atoms with van der Waals surface area (Å²) in [5, 5.41) is 0. The molecule has 0 unspecified atom stereocenters. The molecule has 0 aliphatic carbocycles. The summed E-state index contributed by atoms with van der Waals surface area (Å²) in [7, 11) is 0. The third kappa shape index (κ3) is 2.86. The number of rotatable bonds is 2. The van der Waals surface area contributed by atoms with Crippen LogP contribution in [0.15, 0.2) is 18.2 Å². The molecule has 1 aliphatic heterocycles. The van der Waals surface area contributed by atoms with Crippen LogP contribution < -0.4 is 0 Å². The molecular formula is C12H11F4NO2. The number of morpholine rings is 1. The van der Waals surface area contributed by atoms with Gasteiger partial charge >= 0.3 is 6.18 Å². The van der Waals surface area contributed by atoms with Crippen molar-refractivity contribution in [3.05, 3.63) is 35.1 Å². The van der Waals surface area contributed by atoms with Crippen molar-refractivity contribution in [2.24, 2.45) is 0 Å². The molecule has 2 rings (SSSR count). The van der Waals surface area contributed by atoms with Crippen molar-refractivity contribution in [3.8, 4) is 0 Å². The van der Waals surface area contributed by atoms with Crippen molar-refractivity contribution in [2.45, 2.75) is 12.2 Å². The number of carbonyl (C=O) groups is 1. The number of carbonyl (C=O) groups excluding carboxylic acids is 1. The second-order valence-electron chi connectivity index (χ2n) is 4.17. The first-order valence-electron chi connectivity index (χ1n) is 5.59. The van der Waals surface area contributed by atoms with Crippen molar-refractivity contribution < 1.29 is 27.1 Å². The van der Waals surface area contributed by atoms with Crippen LogP contribution in [0.25, 0.3) is 0 Å². The van der Waals surface area contributed by atoms with Crippen LogP contribution in [0.4, 0.5) is 17.6 Å². The van der Waals surface area contributed by atoms with E-state index in [1.165, 1.54) is 4.90 Å². The number of alkyl halides is 3. The first-order chi connectivity index (χ1) is 8.93. The number of ether oxygens (including phenoxy) is 1. The normalized spacial score (nSPS) is 20.4. The van der Waals surface area contributed by atoms with Gasteiger partial charge in [-0.15, -0.1) is 0 Å². The molecule has 0 saturated carbocycles. The van der Waals surface area contributed by atoms with Crippen LogP contribution in [-0.4, -0.2) is 31.1 Å². The summed E-state index contributed by atoms with van der Waals surface area (Å²) in [6.07, 6.45) is -4.04. The van der Waals surface area contributed by atoms with Gasteiger partial charge in [0.1, 0.15) is 5.82 Å². The van der Waals surface area contributed by atoms with E-state index in [9.17, 15) is 22.4 Å². The molecule has 1 amide bonds. The fourth-order valence-corrected chi connectivity index (χ4v) is 1.98. The summed E-state index contributed by atoms with van der Waals surface area (Å²) in [5.41, 5.74) is -1.03. The highest BCUT2D eigenvalue weighted by atomic mass is 19.4. The van der Waals surface area contributed by atoms with E-state index in [1.54, 1.807) is 0 Å². The molecule has 1 aromatic carbocycles. The van der Waals surface area contributed by atoms with Gasteiger partial charge in [0.05, 0.1) is 24.8 Å². The van der Waals surface area contributed by atoms with Crippen molar-refractivity contribution >= 4 is 6.41 Å². The maximum Gasteiger partial charge on any atom is 0.416 e. The van der Waals surface area contributed by atoms with Crippen LogP contribution in [0.2, 0.25) is 0 Å². The summed E-state index contributed by atoms with van der Waals surface area (Å²) in [6.45, 7) is 0.688. The lowest BCUT2D eigenvalue weighted by Gasteiger charge is -2.33. The zero-order chi connectivity index (χ0) is 14.0. The largest absolute Gasteiger partial charge is 0.416 e. The summed E-state index contributed by atoms with van der Waals surface area (Å²) < 4.78 is 56.2. The third-order valence-corrected chi connectivity index (χ3v) is 2.99. The van der Waals surface area contributed by atoms with E-state index in [-0.39, 0.29) is 18.7 Å². The van der Waals surface area contributed by atoms with Gasteiger partial charge in [-0.1, -0.05) is 6.07 Å². The average molecular weight is 277 g/mol. The summed E-state index contributed by atoms with van der Waals surface area (Å²) >= 11 is 0. The van der Waals surface area contributed by atoms with Gasteiger partial charge in [-0.25, -0.2) is 4.39 Å². The molecular weight excluding hydrogens is 266 g/mol. The molecule has 0 aromatic heterocycles. The predicted molar refractivity (Wildman–Crippen MR) is 57.7 cm³/mol. The summed E-state index contributed by atoms with van der Waals surface area (Å²) in [4.78, 5) is 12.2. The predicted octanol–water partition coefficient (Wildman–Crippen LogP) is 2.37. The third-order valence-electron chi connectivity index (χ3n) is 2.99. The lowest BCUT2D eigenvalue weighted by atomic mass is 10.0. The molecule has 3 nitrogen and oxygen atoms in total. The van der Waals surface area contributed by atoms with E-state index in [2.05, 4.69) is 0 Å². The molecule has 1 atom stereocenters. The van der Waals surface area contributed by atoms with Gasteiger partial charge in [0, 0.05) is 12.1 Å². The summed E-state index contributed by atoms with van der Waals surface area (Å²) in [5.74, 6) is -0.989. The minimum absolute atomic E-state index is 0.0276. The molecule has 0 N–H and O–H groups in total. The quantitative estimate of drug-likeness (QED) is 0.613. The zero-order valence-electron chi connectivity index (χ0n) is 9.78. The van der Waals surface area contributed by atoms with E-state index in [1.807, 2.05) is 0 Å². The van der Waals surface area contributed by atoms with Crippen LogP contribution in [-0.2, 0) is 15.7 Å². The molecule has 1 aliphatic rings. The van der Waals surface area contributed by atoms with Crippen LogP contribution in [0, 0.1) is 5.82 Å². The molecule has 0 bridgehead atoms. The smallest absolute Gasteiger partial charge is 0.377 e. The molecule has 1 fully saturated rings. The van der Waals surface area contributed by atoms with Crippen molar-refractivity contribution in [3.63, 3.8) is 0 Å². The number of halogens is 4. The highest BCUT2D eigenvalue weighted by Crippen LogP contribution is 2.32. The molecule has 1 saturated heterocycles. The van der Waals surface area contributed by atoms with E-state index < -0.39 is 23.6 Å². The van der Waals surface area contributed by atoms with Crippen molar-refractivity contribution in [2.75, 3.05) is 19.8 Å². The minimum atomic E-state index is -4.59. The highest BCUT2D eigenvalue weighted by Gasteiger charge is 2.33. The topological polar surface area (TPSA) is 29.5 Å². The monoisotopic (exact) mass is 277 g/mol. The second-order valence-corrected chi connectivity index (χ2v) is 4.17. The highest BCUT2D eigenvalue weighted by molar-refractivity contribution is 5.49. The Bertz CT molecular complexity index is 475. The number of amides is 1. The Kier molecular flexibility index (Phi) is 3.75. The Morgan fingerprint density at radius 1 is 1.37 bits per heavy atom. The second kappa shape index (κ2) is 5.16. The van der Waals surface area contributed by atoms with Gasteiger partial charge in [-0.2, -0.15) is 13.2 Å². The molecule has 104 valence electrons. The van der Waals surface area contributed by atoms with Crippen LogP contribution in [0.1, 0.15) is 17.2 Å². The van der Waals surface area contributed by atoms with Crippen molar-refractivity contribution in [1.29, 1.82) is 0 Å². The molecule has 0 radical (unpaired) electrons. The lowest BCUT2D eigenvalue weighted by molar-refractivity contribution is -0.138. The molecule has 7 heteroatoms. The fraction of sp³-hybridized carbons (Fsp3) is 0.417. The Hall–Kier alpha value is -1.63. The van der Waals surface area contributed by atoms with Crippen LogP contribution in [0.3, 0.4) is 0 Å². The van der Waals surface area contributed by atoms with E-state index >= 15 is 0 Å². The fourth-order valence-electron chi connectivity index (χ4n) is 1.98. The summed E-state index contributed by atoms with van der Waals surface area (Å²) in [6, 6.07) is 1.60. The number of nitrogens with zero attached hydrogens (tertiary/aromatic N) is 1. The maximum absolute atomic E-state index is 13.8. The Balaban J connectivity index is 2.32. The standard InChI is InChI=1S/C12H11F4NO2/c13-10-5-8(12(14,15)16)1-2-9(10)11-6-19-4-3-17(11)7-18/h1-2,5,7,11H,3-4,6H2/t11-/m1/s1. The molecule has 1 aromatic rings. The molecule has 19 heavy (non-hydrogen) atoms. The van der Waals surface area contributed by atoms with Gasteiger partial charge in [-0.3, -0.25) is 4.79 Å². The molecule has 1 heterocycles.